The van der Waals surface area contributed by atoms with Crippen LogP contribution in [0.25, 0.3) is 0 Å². The topological polar surface area (TPSA) is 63.3 Å². The Bertz CT molecular complexity index is 544. The molecule has 2 rings (SSSR count). The maximum Gasteiger partial charge on any atom is 0.188 e. The molecule has 2 aromatic rings. The number of guanidine groups is 1. The minimum absolute atomic E-state index is 0. The maximum absolute atomic E-state index is 5.80. The summed E-state index contributed by atoms with van der Waals surface area (Å²) in [5.41, 5.74) is 6.85. The highest BCUT2D eigenvalue weighted by Gasteiger charge is 1.98. The molecule has 0 aliphatic heterocycles. The monoisotopic (exact) mass is 466 g/mol. The number of hydrogen-bond donors (Lipinski definition) is 2. The summed E-state index contributed by atoms with van der Waals surface area (Å²) in [6.07, 6.45) is 2.63. The number of aromatic nitrogens is 1. The number of aliphatic imine (C=N–C) groups is 1. The SMILES string of the molecule is I.NC(=NCc1cc(Br)cs1)NCCc1ccccn1. The lowest BCUT2D eigenvalue weighted by Crippen LogP contribution is -2.33. The first-order valence-electron chi connectivity index (χ1n) is 5.90. The lowest BCUT2D eigenvalue weighted by molar-refractivity contribution is 0.828. The summed E-state index contributed by atoms with van der Waals surface area (Å²) in [5, 5.41) is 5.13. The highest BCUT2D eigenvalue weighted by Crippen LogP contribution is 2.20. The highest BCUT2D eigenvalue weighted by molar-refractivity contribution is 14.0. The van der Waals surface area contributed by atoms with Gasteiger partial charge in [0.05, 0.1) is 6.54 Å². The molecule has 0 saturated carbocycles. The zero-order chi connectivity index (χ0) is 13.5. The number of rotatable bonds is 5. The highest BCUT2D eigenvalue weighted by atomic mass is 127. The van der Waals surface area contributed by atoms with Gasteiger partial charge in [0, 0.05) is 39.6 Å². The molecule has 108 valence electrons. The van der Waals surface area contributed by atoms with Gasteiger partial charge in [-0.25, -0.2) is 4.99 Å². The van der Waals surface area contributed by atoms with Crippen molar-refractivity contribution in [2.75, 3.05) is 6.54 Å². The van der Waals surface area contributed by atoms with Gasteiger partial charge in [0.25, 0.3) is 0 Å². The third kappa shape index (κ3) is 6.19. The van der Waals surface area contributed by atoms with Crippen molar-refractivity contribution in [3.63, 3.8) is 0 Å². The quantitative estimate of drug-likeness (QED) is 0.404. The molecule has 2 heterocycles. The Kier molecular flexibility index (Phi) is 8.08. The number of halogens is 2. The van der Waals surface area contributed by atoms with Crippen molar-refractivity contribution in [2.24, 2.45) is 10.7 Å². The van der Waals surface area contributed by atoms with Gasteiger partial charge >= 0.3 is 0 Å². The molecule has 0 radical (unpaired) electrons. The summed E-state index contributed by atoms with van der Waals surface area (Å²) >= 11 is 5.08. The Balaban J connectivity index is 0.00000200. The Morgan fingerprint density at radius 1 is 1.45 bits per heavy atom. The molecule has 0 aliphatic rings. The lowest BCUT2D eigenvalue weighted by atomic mass is 10.3. The van der Waals surface area contributed by atoms with Gasteiger partial charge in [0.2, 0.25) is 0 Å². The largest absolute Gasteiger partial charge is 0.370 e. The first-order valence-corrected chi connectivity index (χ1v) is 7.58. The van der Waals surface area contributed by atoms with Crippen LogP contribution in [0.4, 0.5) is 0 Å². The average Bonchev–Trinajstić information content (AvgIpc) is 2.83. The van der Waals surface area contributed by atoms with Gasteiger partial charge in [-0.2, -0.15) is 0 Å². The molecule has 3 N–H and O–H groups in total. The lowest BCUT2D eigenvalue weighted by Gasteiger charge is -2.04. The van der Waals surface area contributed by atoms with Crippen LogP contribution in [0.5, 0.6) is 0 Å². The minimum atomic E-state index is 0. The first kappa shape index (κ1) is 17.4. The second-order valence-corrected chi connectivity index (χ2v) is 5.84. The molecule has 20 heavy (non-hydrogen) atoms. The molecule has 4 nitrogen and oxygen atoms in total. The van der Waals surface area contributed by atoms with E-state index in [1.807, 2.05) is 23.6 Å². The smallest absolute Gasteiger partial charge is 0.188 e. The molecule has 7 heteroatoms. The molecule has 0 fully saturated rings. The third-order valence-electron chi connectivity index (χ3n) is 2.44. The van der Waals surface area contributed by atoms with Crippen LogP contribution in [0.3, 0.4) is 0 Å². The van der Waals surface area contributed by atoms with Crippen LogP contribution >= 0.6 is 51.2 Å². The molecule has 0 bridgehead atoms. The van der Waals surface area contributed by atoms with E-state index >= 15 is 0 Å². The standard InChI is InChI=1S/C13H15BrN4S.HI/c14-10-7-12(19-9-10)8-18-13(15)17-6-4-11-3-1-2-5-16-11;/h1-3,5,7,9H,4,6,8H2,(H3,15,17,18);1H. The predicted octanol–water partition coefficient (Wildman–Crippen LogP) is 3.17. The maximum atomic E-state index is 5.80. The van der Waals surface area contributed by atoms with Crippen molar-refractivity contribution in [1.29, 1.82) is 0 Å². The van der Waals surface area contributed by atoms with Crippen LogP contribution < -0.4 is 11.1 Å². The van der Waals surface area contributed by atoms with Gasteiger partial charge in [-0.15, -0.1) is 35.3 Å². The fourth-order valence-electron chi connectivity index (χ4n) is 1.52. The minimum Gasteiger partial charge on any atom is -0.370 e. The molecular weight excluding hydrogens is 451 g/mol. The molecule has 0 atom stereocenters. The summed E-state index contributed by atoms with van der Waals surface area (Å²) in [6.45, 7) is 1.35. The summed E-state index contributed by atoms with van der Waals surface area (Å²) in [7, 11) is 0. The van der Waals surface area contributed by atoms with Crippen LogP contribution in [-0.2, 0) is 13.0 Å². The molecule has 0 amide bonds. The second kappa shape index (κ2) is 9.30. The zero-order valence-electron chi connectivity index (χ0n) is 10.8. The fraction of sp³-hybridized carbons (Fsp3) is 0.231. The zero-order valence-corrected chi connectivity index (χ0v) is 15.5. The number of hydrogen-bond acceptors (Lipinski definition) is 3. The van der Waals surface area contributed by atoms with Gasteiger partial charge < -0.3 is 11.1 Å². The summed E-state index contributed by atoms with van der Waals surface area (Å²) < 4.78 is 1.09. The summed E-state index contributed by atoms with van der Waals surface area (Å²) in [5.74, 6) is 0.473. The summed E-state index contributed by atoms with van der Waals surface area (Å²) in [6, 6.07) is 7.94. The van der Waals surface area contributed by atoms with E-state index in [9.17, 15) is 0 Å². The van der Waals surface area contributed by atoms with Crippen molar-refractivity contribution >= 4 is 57.2 Å². The number of nitrogens with zero attached hydrogens (tertiary/aromatic N) is 2. The Morgan fingerprint density at radius 2 is 2.30 bits per heavy atom. The van der Waals surface area contributed by atoms with Crippen LogP contribution in [-0.4, -0.2) is 17.5 Å². The van der Waals surface area contributed by atoms with Crippen molar-refractivity contribution in [1.82, 2.24) is 10.3 Å². The molecule has 2 aromatic heterocycles. The van der Waals surface area contributed by atoms with Gasteiger partial charge in [0.15, 0.2) is 5.96 Å². The summed E-state index contributed by atoms with van der Waals surface area (Å²) in [4.78, 5) is 9.72. The van der Waals surface area contributed by atoms with Crippen molar-refractivity contribution in [2.45, 2.75) is 13.0 Å². The van der Waals surface area contributed by atoms with Crippen molar-refractivity contribution < 1.29 is 0 Å². The normalized spacial score (nSPS) is 10.9. The van der Waals surface area contributed by atoms with E-state index in [1.54, 1.807) is 17.5 Å². The number of nitrogens with one attached hydrogen (secondary N) is 1. The molecule has 0 unspecified atom stereocenters. The van der Waals surface area contributed by atoms with E-state index in [0.717, 1.165) is 23.1 Å². The third-order valence-corrected chi connectivity index (χ3v) is 4.12. The number of thiophene rings is 1. The number of pyridine rings is 1. The van der Waals surface area contributed by atoms with Gasteiger partial charge in [-0.1, -0.05) is 6.07 Å². The molecule has 0 spiro atoms. The van der Waals surface area contributed by atoms with Gasteiger partial charge in [-0.05, 0) is 34.1 Å². The second-order valence-electron chi connectivity index (χ2n) is 3.93. The Hall–Kier alpha value is -0.670. The van der Waals surface area contributed by atoms with Gasteiger partial charge in [-0.3, -0.25) is 4.98 Å². The van der Waals surface area contributed by atoms with Crippen molar-refractivity contribution in [3.05, 3.63) is 50.9 Å². The number of nitrogens with two attached hydrogens (primary N) is 1. The first-order chi connectivity index (χ1) is 9.24. The van der Waals surface area contributed by atoms with Crippen LogP contribution in [0.2, 0.25) is 0 Å². The van der Waals surface area contributed by atoms with Crippen molar-refractivity contribution in [3.8, 4) is 0 Å². The van der Waals surface area contributed by atoms with E-state index in [4.69, 9.17) is 5.73 Å². The van der Waals surface area contributed by atoms with E-state index in [-0.39, 0.29) is 24.0 Å². The van der Waals surface area contributed by atoms with E-state index in [1.165, 1.54) is 4.88 Å². The van der Waals surface area contributed by atoms with E-state index in [2.05, 4.69) is 37.3 Å². The van der Waals surface area contributed by atoms with Gasteiger partial charge in [0.1, 0.15) is 0 Å². The predicted molar refractivity (Wildman–Crippen MR) is 98.7 cm³/mol. The molecule has 0 saturated heterocycles. The Morgan fingerprint density at radius 3 is 2.95 bits per heavy atom. The van der Waals surface area contributed by atoms with Crippen LogP contribution in [0, 0.1) is 0 Å². The van der Waals surface area contributed by atoms with E-state index in [0.29, 0.717) is 12.5 Å². The van der Waals surface area contributed by atoms with E-state index < -0.39 is 0 Å². The molecular formula is C13H16BrIN4S. The Labute approximate surface area is 148 Å². The molecule has 0 aliphatic carbocycles. The molecule has 0 aromatic carbocycles. The van der Waals surface area contributed by atoms with Crippen LogP contribution in [0.15, 0.2) is 45.3 Å². The average molecular weight is 467 g/mol. The fourth-order valence-corrected chi connectivity index (χ4v) is 2.89. The van der Waals surface area contributed by atoms with Crippen LogP contribution in [0.1, 0.15) is 10.6 Å².